The van der Waals surface area contributed by atoms with Crippen LogP contribution in [-0.2, 0) is 0 Å². The zero-order valence-electron chi connectivity index (χ0n) is 9.82. The van der Waals surface area contributed by atoms with E-state index in [1.165, 1.54) is 17.9 Å². The Kier molecular flexibility index (Phi) is 3.17. The predicted molar refractivity (Wildman–Crippen MR) is 78.6 cm³/mol. The van der Waals surface area contributed by atoms with Crippen LogP contribution in [-0.4, -0.2) is 41.2 Å². The van der Waals surface area contributed by atoms with Gasteiger partial charge in [-0.3, -0.25) is 9.98 Å². The zero-order chi connectivity index (χ0) is 11.9. The van der Waals surface area contributed by atoms with Crippen molar-refractivity contribution in [3.8, 4) is 0 Å². The predicted octanol–water partition coefficient (Wildman–Crippen LogP) is 2.37. The number of aliphatic imine (C=N–C) groups is 2. The Balaban J connectivity index is 1.68. The summed E-state index contributed by atoms with van der Waals surface area (Å²) in [5.41, 5.74) is -0.0899. The number of halogens is 1. The molecule has 0 aromatic heterocycles. The summed E-state index contributed by atoms with van der Waals surface area (Å²) >= 11 is 5.41. The van der Waals surface area contributed by atoms with E-state index in [9.17, 15) is 0 Å². The van der Waals surface area contributed by atoms with Crippen LogP contribution in [0.1, 0.15) is 19.8 Å². The van der Waals surface area contributed by atoms with Gasteiger partial charge in [0.05, 0.1) is 28.4 Å². The molecule has 3 aliphatic rings. The first kappa shape index (κ1) is 11.9. The minimum Gasteiger partial charge on any atom is -0.308 e. The number of nitrogens with zero attached hydrogens (tertiary/aromatic N) is 2. The van der Waals surface area contributed by atoms with Gasteiger partial charge >= 0.3 is 0 Å². The first-order valence-corrected chi connectivity index (χ1v) is 7.73. The molecule has 0 bridgehead atoms. The first-order valence-electron chi connectivity index (χ1n) is 6.05. The second-order valence-electron chi connectivity index (χ2n) is 4.95. The molecule has 0 amide bonds. The molecule has 0 radical (unpaired) electrons. The fraction of sp³-hybridized carbons (Fsp3) is 0.667. The maximum atomic E-state index is 4.71. The molecule has 1 saturated heterocycles. The number of rotatable bonds is 2. The third-order valence-electron chi connectivity index (χ3n) is 3.58. The standard InChI is InChI=1S/C12H16BrN3S/c1-12(5-8(13)6-16-12)10-7-15-11(17-10)9-3-2-4-14-9/h5-6,9-10,14H,2-4,7H2,1H3/t9?,10-,12?/m1/s1. The highest BCUT2D eigenvalue weighted by Crippen LogP contribution is 2.38. The summed E-state index contributed by atoms with van der Waals surface area (Å²) in [4.78, 5) is 9.33. The molecule has 0 aromatic carbocycles. The van der Waals surface area contributed by atoms with Gasteiger partial charge in [-0.15, -0.1) is 11.8 Å². The number of thioether (sulfide) groups is 1. The number of nitrogens with one attached hydrogen (secondary N) is 1. The summed E-state index contributed by atoms with van der Waals surface area (Å²) in [7, 11) is 0. The molecule has 0 aliphatic carbocycles. The van der Waals surface area contributed by atoms with Crippen molar-refractivity contribution in [1.82, 2.24) is 5.32 Å². The SMILES string of the molecule is CC1([C@H]2CN=C(C3CCCN3)S2)C=C(Br)C=N1. The Morgan fingerprint density at radius 2 is 2.47 bits per heavy atom. The molecular formula is C12H16BrN3S. The highest BCUT2D eigenvalue weighted by Gasteiger charge is 2.40. The van der Waals surface area contributed by atoms with Gasteiger partial charge in [-0.1, -0.05) is 0 Å². The number of hydrogen-bond donors (Lipinski definition) is 1. The topological polar surface area (TPSA) is 36.8 Å². The highest BCUT2D eigenvalue weighted by atomic mass is 79.9. The van der Waals surface area contributed by atoms with Gasteiger partial charge in [0.15, 0.2) is 0 Å². The average Bonchev–Trinajstić information content (AvgIpc) is 2.97. The maximum absolute atomic E-state index is 4.71. The molecule has 92 valence electrons. The molecule has 1 fully saturated rings. The largest absolute Gasteiger partial charge is 0.308 e. The van der Waals surface area contributed by atoms with Crippen molar-refractivity contribution in [2.45, 2.75) is 36.6 Å². The van der Waals surface area contributed by atoms with Gasteiger partial charge in [0, 0.05) is 10.7 Å². The molecule has 2 unspecified atom stereocenters. The number of hydrogen-bond acceptors (Lipinski definition) is 4. The molecule has 3 heterocycles. The lowest BCUT2D eigenvalue weighted by Gasteiger charge is -2.25. The van der Waals surface area contributed by atoms with Crippen LogP contribution < -0.4 is 5.32 Å². The van der Waals surface area contributed by atoms with E-state index < -0.39 is 0 Å². The molecule has 1 N–H and O–H groups in total. The number of allylic oxidation sites excluding steroid dienone is 1. The Labute approximate surface area is 114 Å². The van der Waals surface area contributed by atoms with Crippen LogP contribution in [0.25, 0.3) is 0 Å². The van der Waals surface area contributed by atoms with Crippen molar-refractivity contribution in [2.24, 2.45) is 9.98 Å². The van der Waals surface area contributed by atoms with Crippen LogP contribution in [0.15, 0.2) is 20.5 Å². The monoisotopic (exact) mass is 313 g/mol. The van der Waals surface area contributed by atoms with Crippen LogP contribution in [0.3, 0.4) is 0 Å². The molecule has 17 heavy (non-hydrogen) atoms. The summed E-state index contributed by atoms with van der Waals surface area (Å²) in [5, 5.41) is 5.26. The molecule has 3 atom stereocenters. The second-order valence-corrected chi connectivity index (χ2v) is 7.09. The Morgan fingerprint density at radius 1 is 1.59 bits per heavy atom. The molecule has 0 saturated carbocycles. The van der Waals surface area contributed by atoms with Crippen LogP contribution in [0, 0.1) is 0 Å². The molecule has 5 heteroatoms. The smallest absolute Gasteiger partial charge is 0.0914 e. The van der Waals surface area contributed by atoms with Crippen molar-refractivity contribution in [3.63, 3.8) is 0 Å². The molecule has 0 spiro atoms. The van der Waals surface area contributed by atoms with E-state index in [-0.39, 0.29) is 5.54 Å². The summed E-state index contributed by atoms with van der Waals surface area (Å²) in [5.74, 6) is 0. The van der Waals surface area contributed by atoms with Crippen LogP contribution >= 0.6 is 27.7 Å². The van der Waals surface area contributed by atoms with Gasteiger partial charge in [-0.25, -0.2) is 0 Å². The highest BCUT2D eigenvalue weighted by molar-refractivity contribution is 9.12. The van der Waals surface area contributed by atoms with Gasteiger partial charge in [-0.05, 0) is 48.3 Å². The van der Waals surface area contributed by atoms with Crippen molar-refractivity contribution in [2.75, 3.05) is 13.1 Å². The minimum atomic E-state index is -0.0899. The Morgan fingerprint density at radius 3 is 3.12 bits per heavy atom. The normalized spacial score (nSPS) is 40.8. The summed E-state index contributed by atoms with van der Waals surface area (Å²) in [6.45, 7) is 4.22. The minimum absolute atomic E-state index is 0.0899. The second kappa shape index (κ2) is 4.52. The summed E-state index contributed by atoms with van der Waals surface area (Å²) < 4.78 is 1.09. The quantitative estimate of drug-likeness (QED) is 0.849. The van der Waals surface area contributed by atoms with Crippen molar-refractivity contribution in [1.29, 1.82) is 0 Å². The molecular weight excluding hydrogens is 298 g/mol. The van der Waals surface area contributed by atoms with E-state index in [1.807, 2.05) is 18.0 Å². The molecule has 3 rings (SSSR count). The lowest BCUT2D eigenvalue weighted by molar-refractivity contribution is 0.576. The fourth-order valence-electron chi connectivity index (χ4n) is 2.52. The van der Waals surface area contributed by atoms with Gasteiger partial charge < -0.3 is 5.32 Å². The maximum Gasteiger partial charge on any atom is 0.0914 e. The van der Waals surface area contributed by atoms with E-state index in [4.69, 9.17) is 4.99 Å². The fourth-order valence-corrected chi connectivity index (χ4v) is 4.40. The Bertz CT molecular complexity index is 412. The van der Waals surface area contributed by atoms with Gasteiger partial charge in [0.2, 0.25) is 0 Å². The van der Waals surface area contributed by atoms with Gasteiger partial charge in [0.25, 0.3) is 0 Å². The van der Waals surface area contributed by atoms with Crippen molar-refractivity contribution < 1.29 is 0 Å². The van der Waals surface area contributed by atoms with E-state index in [2.05, 4.69) is 39.2 Å². The first-order chi connectivity index (χ1) is 8.17. The zero-order valence-corrected chi connectivity index (χ0v) is 12.2. The summed E-state index contributed by atoms with van der Waals surface area (Å²) in [6.07, 6.45) is 6.62. The lowest BCUT2D eigenvalue weighted by atomic mass is 9.99. The van der Waals surface area contributed by atoms with Crippen molar-refractivity contribution in [3.05, 3.63) is 10.6 Å². The average molecular weight is 314 g/mol. The molecule has 0 aromatic rings. The van der Waals surface area contributed by atoms with Gasteiger partial charge in [0.1, 0.15) is 0 Å². The third-order valence-corrected chi connectivity index (χ3v) is 5.58. The van der Waals surface area contributed by atoms with E-state index in [0.717, 1.165) is 17.6 Å². The lowest BCUT2D eigenvalue weighted by Crippen LogP contribution is -2.34. The van der Waals surface area contributed by atoms with E-state index >= 15 is 0 Å². The van der Waals surface area contributed by atoms with Crippen LogP contribution in [0.5, 0.6) is 0 Å². The third kappa shape index (κ3) is 2.25. The Hall–Kier alpha value is -0.130. The van der Waals surface area contributed by atoms with Crippen molar-refractivity contribution >= 4 is 39.0 Å². The van der Waals surface area contributed by atoms with Gasteiger partial charge in [-0.2, -0.15) is 0 Å². The van der Waals surface area contributed by atoms with E-state index in [0.29, 0.717) is 11.3 Å². The molecule has 3 nitrogen and oxygen atoms in total. The molecule has 3 aliphatic heterocycles. The van der Waals surface area contributed by atoms with Crippen LogP contribution in [0.4, 0.5) is 0 Å². The van der Waals surface area contributed by atoms with Crippen LogP contribution in [0.2, 0.25) is 0 Å². The summed E-state index contributed by atoms with van der Waals surface area (Å²) in [6, 6.07) is 0.506. The van der Waals surface area contributed by atoms with E-state index in [1.54, 1.807) is 0 Å².